The third kappa shape index (κ3) is 5.87. The van der Waals surface area contributed by atoms with E-state index in [9.17, 15) is 19.5 Å². The highest BCUT2D eigenvalue weighted by molar-refractivity contribution is 5.97. The van der Waals surface area contributed by atoms with E-state index in [0.29, 0.717) is 22.9 Å². The summed E-state index contributed by atoms with van der Waals surface area (Å²) in [7, 11) is 2.88. The van der Waals surface area contributed by atoms with Gasteiger partial charge in [-0.1, -0.05) is 30.3 Å². The topological polar surface area (TPSA) is 131 Å². The van der Waals surface area contributed by atoms with Gasteiger partial charge in [0.15, 0.2) is 0 Å². The number of ether oxygens (including phenoxy) is 2. The Bertz CT molecular complexity index is 1420. The van der Waals surface area contributed by atoms with Crippen molar-refractivity contribution in [2.45, 2.75) is 12.5 Å². The molecular formula is C27H26N4O6. The highest BCUT2D eigenvalue weighted by Gasteiger charge is 2.22. The summed E-state index contributed by atoms with van der Waals surface area (Å²) in [5, 5.41) is 15.3. The number of amides is 1. The van der Waals surface area contributed by atoms with E-state index in [1.165, 1.54) is 7.11 Å². The Labute approximate surface area is 212 Å². The quantitative estimate of drug-likeness (QED) is 0.282. The number of nitrogens with zero attached hydrogens (tertiary/aromatic N) is 2. The number of nitrogens with one attached hydrogen (secondary N) is 2. The maximum atomic E-state index is 13.0. The summed E-state index contributed by atoms with van der Waals surface area (Å²) in [5.74, 6) is -0.909. The number of carbonyl (C=O) groups excluding carboxylic acids is 2. The lowest BCUT2D eigenvalue weighted by Gasteiger charge is -2.15. The summed E-state index contributed by atoms with van der Waals surface area (Å²) in [6, 6.07) is 18.4. The van der Waals surface area contributed by atoms with Crippen LogP contribution >= 0.6 is 0 Å². The number of esters is 1. The van der Waals surface area contributed by atoms with Gasteiger partial charge in [-0.05, 0) is 42.0 Å². The van der Waals surface area contributed by atoms with Gasteiger partial charge in [-0.25, -0.2) is 9.78 Å². The molecular weight excluding hydrogens is 476 g/mol. The number of aromatic nitrogens is 2. The molecule has 0 saturated heterocycles. The fourth-order valence-electron chi connectivity index (χ4n) is 3.82. The number of carbonyl (C=O) groups is 3. The number of hydrogen-bond donors (Lipinski definition) is 3. The SMILES string of the molecule is COC(=O)CNc1c(-c2ccc(OC)cc2)nc2cc(C(=O)NC(Cc3ccccc3)C(=O)O)ccn12. The molecule has 2 aromatic carbocycles. The van der Waals surface area contributed by atoms with Crippen molar-refractivity contribution >= 4 is 29.3 Å². The molecule has 37 heavy (non-hydrogen) atoms. The first kappa shape index (κ1) is 25.2. The van der Waals surface area contributed by atoms with E-state index in [4.69, 9.17) is 9.47 Å². The highest BCUT2D eigenvalue weighted by Crippen LogP contribution is 2.30. The van der Waals surface area contributed by atoms with Crippen molar-refractivity contribution in [2.75, 3.05) is 26.1 Å². The number of aliphatic carboxylic acids is 1. The number of fused-ring (bicyclic) bond motifs is 1. The number of anilines is 1. The maximum absolute atomic E-state index is 13.0. The molecule has 0 bridgehead atoms. The summed E-state index contributed by atoms with van der Waals surface area (Å²) in [6.07, 6.45) is 1.79. The molecule has 4 rings (SSSR count). The summed E-state index contributed by atoms with van der Waals surface area (Å²) >= 11 is 0. The average molecular weight is 503 g/mol. The Kier molecular flexibility index (Phi) is 7.68. The molecule has 10 heteroatoms. The summed E-state index contributed by atoms with van der Waals surface area (Å²) in [4.78, 5) is 41.2. The number of methoxy groups -OCH3 is 2. The number of benzene rings is 2. The van der Waals surface area contributed by atoms with Crippen LogP contribution in [-0.2, 0) is 20.7 Å². The standard InChI is InChI=1S/C27H26N4O6/c1-36-20-10-8-18(9-11-20)24-25(28-16-23(32)37-2)31-13-12-19(15-22(31)30-24)26(33)29-21(27(34)35)14-17-6-4-3-5-7-17/h3-13,15,21,28H,14,16H2,1-2H3,(H,29,33)(H,34,35). The lowest BCUT2D eigenvalue weighted by molar-refractivity contribution is -0.139. The van der Waals surface area contributed by atoms with Crippen LogP contribution in [0.3, 0.4) is 0 Å². The number of hydrogen-bond acceptors (Lipinski definition) is 7. The third-order valence-electron chi connectivity index (χ3n) is 5.77. The maximum Gasteiger partial charge on any atom is 0.326 e. The molecule has 1 unspecified atom stereocenters. The van der Waals surface area contributed by atoms with Gasteiger partial charge in [0, 0.05) is 23.7 Å². The first-order chi connectivity index (χ1) is 17.9. The van der Waals surface area contributed by atoms with Crippen LogP contribution in [0.2, 0.25) is 0 Å². The largest absolute Gasteiger partial charge is 0.497 e. The fourth-order valence-corrected chi connectivity index (χ4v) is 3.82. The molecule has 190 valence electrons. The Hall–Kier alpha value is -4.86. The molecule has 0 saturated carbocycles. The normalized spacial score (nSPS) is 11.5. The van der Waals surface area contributed by atoms with Crippen LogP contribution in [0, 0.1) is 0 Å². The first-order valence-corrected chi connectivity index (χ1v) is 11.4. The molecule has 0 aliphatic heterocycles. The van der Waals surface area contributed by atoms with Gasteiger partial charge in [0.25, 0.3) is 5.91 Å². The van der Waals surface area contributed by atoms with Crippen molar-refractivity contribution in [1.29, 1.82) is 0 Å². The van der Waals surface area contributed by atoms with Crippen LogP contribution in [0.5, 0.6) is 5.75 Å². The number of pyridine rings is 1. The third-order valence-corrected chi connectivity index (χ3v) is 5.77. The summed E-state index contributed by atoms with van der Waals surface area (Å²) < 4.78 is 11.7. The zero-order valence-corrected chi connectivity index (χ0v) is 20.3. The zero-order valence-electron chi connectivity index (χ0n) is 20.3. The van der Waals surface area contributed by atoms with E-state index >= 15 is 0 Å². The average Bonchev–Trinajstić information content (AvgIpc) is 3.29. The number of imidazole rings is 1. The van der Waals surface area contributed by atoms with Gasteiger partial charge in [0.05, 0.1) is 14.2 Å². The molecule has 3 N–H and O–H groups in total. The van der Waals surface area contributed by atoms with Crippen molar-refractivity contribution in [2.24, 2.45) is 0 Å². The predicted octanol–water partition coefficient (Wildman–Crippen LogP) is 3.02. The van der Waals surface area contributed by atoms with Gasteiger partial charge in [0.1, 0.15) is 35.5 Å². The predicted molar refractivity (Wildman–Crippen MR) is 137 cm³/mol. The minimum atomic E-state index is -1.13. The fraction of sp³-hybridized carbons (Fsp3) is 0.185. The minimum Gasteiger partial charge on any atom is -0.497 e. The van der Waals surface area contributed by atoms with Crippen LogP contribution in [0.25, 0.3) is 16.9 Å². The lowest BCUT2D eigenvalue weighted by Crippen LogP contribution is -2.42. The number of rotatable bonds is 10. The van der Waals surface area contributed by atoms with Crippen LogP contribution in [0.15, 0.2) is 72.9 Å². The van der Waals surface area contributed by atoms with Crippen molar-refractivity contribution in [3.05, 3.63) is 84.1 Å². The second-order valence-electron chi connectivity index (χ2n) is 8.16. The first-order valence-electron chi connectivity index (χ1n) is 11.4. The highest BCUT2D eigenvalue weighted by atomic mass is 16.5. The van der Waals surface area contributed by atoms with Gasteiger partial charge < -0.3 is 25.2 Å². The van der Waals surface area contributed by atoms with E-state index in [1.807, 2.05) is 42.5 Å². The van der Waals surface area contributed by atoms with Gasteiger partial charge >= 0.3 is 11.9 Å². The molecule has 1 atom stereocenters. The van der Waals surface area contributed by atoms with Gasteiger partial charge in [-0.15, -0.1) is 0 Å². The molecule has 0 aliphatic carbocycles. The molecule has 0 fully saturated rings. The van der Waals surface area contributed by atoms with E-state index in [0.717, 1.165) is 11.1 Å². The van der Waals surface area contributed by atoms with Crippen molar-refractivity contribution < 1.29 is 29.0 Å². The van der Waals surface area contributed by atoms with Crippen molar-refractivity contribution in [3.63, 3.8) is 0 Å². The molecule has 4 aromatic rings. The molecule has 2 heterocycles. The van der Waals surface area contributed by atoms with Gasteiger partial charge in [0.2, 0.25) is 0 Å². The Balaban J connectivity index is 1.65. The van der Waals surface area contributed by atoms with Crippen LogP contribution in [0.4, 0.5) is 5.82 Å². The monoisotopic (exact) mass is 502 g/mol. The molecule has 0 aliphatic rings. The van der Waals surface area contributed by atoms with Gasteiger partial charge in [-0.2, -0.15) is 0 Å². The molecule has 0 radical (unpaired) electrons. The van der Waals surface area contributed by atoms with E-state index in [-0.39, 0.29) is 18.5 Å². The number of carboxylic acid groups (broad SMARTS) is 1. The van der Waals surface area contributed by atoms with Gasteiger partial charge in [-0.3, -0.25) is 14.0 Å². The zero-order chi connectivity index (χ0) is 26.4. The number of carboxylic acids is 1. The summed E-state index contributed by atoms with van der Waals surface area (Å²) in [5.41, 5.74) is 2.79. The van der Waals surface area contributed by atoms with Crippen LogP contribution in [-0.4, -0.2) is 59.1 Å². The Morgan fingerprint density at radius 3 is 2.41 bits per heavy atom. The molecule has 1 amide bonds. The lowest BCUT2D eigenvalue weighted by atomic mass is 10.1. The Morgan fingerprint density at radius 2 is 1.76 bits per heavy atom. The molecule has 0 spiro atoms. The summed E-state index contributed by atoms with van der Waals surface area (Å²) in [6.45, 7) is -0.0878. The van der Waals surface area contributed by atoms with Crippen LogP contribution in [0.1, 0.15) is 15.9 Å². The molecule has 10 nitrogen and oxygen atoms in total. The van der Waals surface area contributed by atoms with Crippen molar-refractivity contribution in [1.82, 2.24) is 14.7 Å². The second-order valence-corrected chi connectivity index (χ2v) is 8.16. The van der Waals surface area contributed by atoms with Crippen molar-refractivity contribution in [3.8, 4) is 17.0 Å². The second kappa shape index (κ2) is 11.3. The minimum absolute atomic E-state index is 0.0878. The van der Waals surface area contributed by atoms with E-state index in [2.05, 4.69) is 15.6 Å². The van der Waals surface area contributed by atoms with Crippen LogP contribution < -0.4 is 15.4 Å². The smallest absolute Gasteiger partial charge is 0.326 e. The van der Waals surface area contributed by atoms with E-state index < -0.39 is 23.9 Å². The molecule has 2 aromatic heterocycles. The Morgan fingerprint density at radius 1 is 1.03 bits per heavy atom. The van der Waals surface area contributed by atoms with E-state index in [1.54, 1.807) is 42.0 Å².